The summed E-state index contributed by atoms with van der Waals surface area (Å²) >= 11 is 5.93. The van der Waals surface area contributed by atoms with Crippen molar-refractivity contribution in [2.24, 2.45) is 5.92 Å². The number of amides is 3. The van der Waals surface area contributed by atoms with E-state index in [1.165, 1.54) is 4.90 Å². The van der Waals surface area contributed by atoms with Crippen LogP contribution < -0.4 is 10.2 Å². The topological polar surface area (TPSA) is 52.7 Å². The predicted molar refractivity (Wildman–Crippen MR) is 88.6 cm³/mol. The van der Waals surface area contributed by atoms with Gasteiger partial charge in [-0.05, 0) is 55.9 Å². The van der Waals surface area contributed by atoms with Crippen LogP contribution in [0.1, 0.15) is 25.7 Å². The molecule has 0 bridgehead atoms. The number of carbonyl (C=O) groups is 2. The molecular formula is C17H20ClN3O2. The number of carbonyl (C=O) groups excluding carboxylic acids is 2. The lowest BCUT2D eigenvalue weighted by Gasteiger charge is -2.36. The van der Waals surface area contributed by atoms with Crippen molar-refractivity contribution in [2.75, 3.05) is 18.0 Å². The van der Waals surface area contributed by atoms with Crippen molar-refractivity contribution in [1.29, 1.82) is 0 Å². The van der Waals surface area contributed by atoms with E-state index in [1.807, 2.05) is 24.3 Å². The van der Waals surface area contributed by atoms with Crippen LogP contribution in [-0.4, -0.2) is 42.0 Å². The second-order valence-electron chi connectivity index (χ2n) is 6.67. The number of rotatable bonds is 3. The van der Waals surface area contributed by atoms with Crippen molar-refractivity contribution in [3.8, 4) is 0 Å². The molecule has 1 aromatic carbocycles. The number of benzene rings is 1. The van der Waals surface area contributed by atoms with Crippen LogP contribution in [0.3, 0.4) is 0 Å². The second-order valence-corrected chi connectivity index (χ2v) is 7.10. The third kappa shape index (κ3) is 2.78. The maximum Gasteiger partial charge on any atom is 0.325 e. The number of hydrogen-bond acceptors (Lipinski definition) is 3. The molecule has 1 aliphatic carbocycles. The molecule has 1 unspecified atom stereocenters. The van der Waals surface area contributed by atoms with Crippen molar-refractivity contribution < 1.29 is 9.59 Å². The highest BCUT2D eigenvalue weighted by Gasteiger charge is 2.48. The molecule has 3 amide bonds. The molecule has 1 saturated carbocycles. The van der Waals surface area contributed by atoms with Crippen molar-refractivity contribution in [1.82, 2.24) is 10.2 Å². The van der Waals surface area contributed by atoms with E-state index in [4.69, 9.17) is 11.6 Å². The summed E-state index contributed by atoms with van der Waals surface area (Å²) < 4.78 is 0. The smallest absolute Gasteiger partial charge is 0.325 e. The molecular weight excluding hydrogens is 314 g/mol. The number of piperidine rings is 1. The molecule has 1 aromatic rings. The first-order chi connectivity index (χ1) is 11.1. The number of imide groups is 1. The highest BCUT2D eigenvalue weighted by molar-refractivity contribution is 6.30. The van der Waals surface area contributed by atoms with E-state index in [0.717, 1.165) is 49.5 Å². The lowest BCUT2D eigenvalue weighted by molar-refractivity contribution is -0.129. The maximum atomic E-state index is 12.5. The Morgan fingerprint density at radius 1 is 1.00 bits per heavy atom. The van der Waals surface area contributed by atoms with E-state index in [-0.39, 0.29) is 24.0 Å². The van der Waals surface area contributed by atoms with Crippen molar-refractivity contribution in [3.63, 3.8) is 0 Å². The quantitative estimate of drug-likeness (QED) is 0.865. The van der Waals surface area contributed by atoms with Gasteiger partial charge in [0.1, 0.15) is 6.04 Å². The Hall–Kier alpha value is -1.75. The monoisotopic (exact) mass is 333 g/mol. The standard InChI is InChI=1S/C17H20ClN3O2/c18-12-3-5-13(6-4-12)20-9-7-14(8-10-20)21-16(22)15(11-1-2-11)19-17(21)23/h3-6,11,14-15H,1-2,7-10H2,(H,19,23). The van der Waals surface area contributed by atoms with Gasteiger partial charge in [-0.15, -0.1) is 0 Å². The van der Waals surface area contributed by atoms with E-state index < -0.39 is 0 Å². The maximum absolute atomic E-state index is 12.5. The van der Waals surface area contributed by atoms with Gasteiger partial charge in [0.25, 0.3) is 5.91 Å². The Bertz CT molecular complexity index is 621. The number of anilines is 1. The summed E-state index contributed by atoms with van der Waals surface area (Å²) in [6, 6.07) is 7.36. The Labute approximate surface area is 140 Å². The number of halogens is 1. The second kappa shape index (κ2) is 5.71. The molecule has 1 atom stereocenters. The number of nitrogens with zero attached hydrogens (tertiary/aromatic N) is 2. The van der Waals surface area contributed by atoms with Gasteiger partial charge in [0, 0.05) is 29.8 Å². The van der Waals surface area contributed by atoms with Crippen LogP contribution >= 0.6 is 11.6 Å². The lowest BCUT2D eigenvalue weighted by atomic mass is 10.0. The van der Waals surface area contributed by atoms with Crippen LogP contribution in [0.5, 0.6) is 0 Å². The minimum Gasteiger partial charge on any atom is -0.371 e. The van der Waals surface area contributed by atoms with Crippen LogP contribution in [0, 0.1) is 5.92 Å². The number of nitrogens with one attached hydrogen (secondary N) is 1. The molecule has 0 aromatic heterocycles. The van der Waals surface area contributed by atoms with Gasteiger partial charge >= 0.3 is 6.03 Å². The number of urea groups is 1. The summed E-state index contributed by atoms with van der Waals surface area (Å²) in [7, 11) is 0. The zero-order valence-corrected chi connectivity index (χ0v) is 13.6. The van der Waals surface area contributed by atoms with Gasteiger partial charge in [-0.1, -0.05) is 11.6 Å². The first kappa shape index (κ1) is 14.8. The average molecular weight is 334 g/mol. The SMILES string of the molecule is O=C1NC(C2CC2)C(=O)N1C1CCN(c2ccc(Cl)cc2)CC1. The van der Waals surface area contributed by atoms with Gasteiger partial charge in [-0.25, -0.2) is 4.79 Å². The fourth-order valence-electron chi connectivity index (χ4n) is 3.64. The van der Waals surface area contributed by atoms with Crippen LogP contribution in [0.4, 0.5) is 10.5 Å². The molecule has 4 rings (SSSR count). The summed E-state index contributed by atoms with van der Waals surface area (Å²) in [5, 5.41) is 3.60. The Kier molecular flexibility index (Phi) is 3.68. The molecule has 2 saturated heterocycles. The van der Waals surface area contributed by atoms with Gasteiger partial charge < -0.3 is 10.2 Å². The third-order valence-electron chi connectivity index (χ3n) is 5.12. The molecule has 3 aliphatic rings. The van der Waals surface area contributed by atoms with E-state index in [0.29, 0.717) is 5.92 Å². The summed E-state index contributed by atoms with van der Waals surface area (Å²) in [5.74, 6) is 0.355. The van der Waals surface area contributed by atoms with Crippen molar-refractivity contribution >= 4 is 29.2 Å². The van der Waals surface area contributed by atoms with Crippen LogP contribution in [0.15, 0.2) is 24.3 Å². The van der Waals surface area contributed by atoms with Crippen molar-refractivity contribution in [2.45, 2.75) is 37.8 Å². The van der Waals surface area contributed by atoms with E-state index in [9.17, 15) is 9.59 Å². The largest absolute Gasteiger partial charge is 0.371 e. The summed E-state index contributed by atoms with van der Waals surface area (Å²) in [5.41, 5.74) is 1.14. The first-order valence-electron chi connectivity index (χ1n) is 8.27. The zero-order valence-electron chi connectivity index (χ0n) is 12.9. The van der Waals surface area contributed by atoms with Gasteiger partial charge in [0.15, 0.2) is 0 Å². The van der Waals surface area contributed by atoms with E-state index >= 15 is 0 Å². The summed E-state index contributed by atoms with van der Waals surface area (Å²) in [6.45, 7) is 1.69. The molecule has 1 N–H and O–H groups in total. The highest BCUT2D eigenvalue weighted by Crippen LogP contribution is 2.36. The Balaban J connectivity index is 1.40. The summed E-state index contributed by atoms with van der Waals surface area (Å²) in [4.78, 5) is 28.5. The summed E-state index contributed by atoms with van der Waals surface area (Å²) in [6.07, 6.45) is 3.75. The van der Waals surface area contributed by atoms with Crippen molar-refractivity contribution in [3.05, 3.63) is 29.3 Å². The first-order valence-corrected chi connectivity index (χ1v) is 8.65. The van der Waals surface area contributed by atoms with Gasteiger partial charge in [0.2, 0.25) is 0 Å². The van der Waals surface area contributed by atoms with Gasteiger partial charge in [0.05, 0.1) is 0 Å². The minimum atomic E-state index is -0.267. The molecule has 23 heavy (non-hydrogen) atoms. The van der Waals surface area contributed by atoms with E-state index in [1.54, 1.807) is 0 Å². The van der Waals surface area contributed by atoms with Crippen LogP contribution in [0.25, 0.3) is 0 Å². The molecule has 3 fully saturated rings. The molecule has 122 valence electrons. The minimum absolute atomic E-state index is 0.0116. The molecule has 5 nitrogen and oxygen atoms in total. The van der Waals surface area contributed by atoms with Gasteiger partial charge in [-0.2, -0.15) is 0 Å². The number of hydrogen-bond donors (Lipinski definition) is 1. The molecule has 0 radical (unpaired) electrons. The fraction of sp³-hybridized carbons (Fsp3) is 0.529. The Morgan fingerprint density at radius 3 is 2.26 bits per heavy atom. The molecule has 6 heteroatoms. The fourth-order valence-corrected chi connectivity index (χ4v) is 3.77. The van der Waals surface area contributed by atoms with Crippen LogP contribution in [-0.2, 0) is 4.79 Å². The highest BCUT2D eigenvalue weighted by atomic mass is 35.5. The zero-order chi connectivity index (χ0) is 16.0. The molecule has 0 spiro atoms. The predicted octanol–water partition coefficient (Wildman–Crippen LogP) is 2.64. The Morgan fingerprint density at radius 2 is 1.65 bits per heavy atom. The molecule has 2 heterocycles. The van der Waals surface area contributed by atoms with Crippen LogP contribution in [0.2, 0.25) is 5.02 Å². The molecule has 2 aliphatic heterocycles. The normalized spacial score (nSPS) is 25.9. The average Bonchev–Trinajstić information content (AvgIpc) is 3.35. The van der Waals surface area contributed by atoms with E-state index in [2.05, 4.69) is 10.2 Å². The third-order valence-corrected chi connectivity index (χ3v) is 5.37. The van der Waals surface area contributed by atoms with Gasteiger partial charge in [-0.3, -0.25) is 9.69 Å². The lowest BCUT2D eigenvalue weighted by Crippen LogP contribution is -2.48.